The van der Waals surface area contributed by atoms with Crippen LogP contribution in [0, 0.1) is 0 Å². The fraction of sp³-hybridized carbons (Fsp3) is 0.176. The zero-order valence-electron chi connectivity index (χ0n) is 13.6. The van der Waals surface area contributed by atoms with Gasteiger partial charge in [0.1, 0.15) is 0 Å². The zero-order chi connectivity index (χ0) is 19.1. The second-order valence-corrected chi connectivity index (χ2v) is 6.19. The number of amides is 1. The van der Waals surface area contributed by atoms with Crippen LogP contribution >= 0.6 is 34.8 Å². The Morgan fingerprint density at radius 2 is 1.92 bits per heavy atom. The van der Waals surface area contributed by atoms with Gasteiger partial charge in [0.05, 0.1) is 27.9 Å². The van der Waals surface area contributed by atoms with Crippen LogP contribution in [0.4, 0.5) is 5.69 Å². The maximum absolute atomic E-state index is 12.1. The molecule has 0 unspecified atom stereocenters. The summed E-state index contributed by atoms with van der Waals surface area (Å²) in [5.41, 5.74) is 1.01. The van der Waals surface area contributed by atoms with Crippen LogP contribution < -0.4 is 14.8 Å². The van der Waals surface area contributed by atoms with E-state index in [1.807, 2.05) is 0 Å². The van der Waals surface area contributed by atoms with Crippen molar-refractivity contribution in [2.45, 2.75) is 6.92 Å². The number of nitrogens with zero attached hydrogens (tertiary/aromatic N) is 1. The van der Waals surface area contributed by atoms with E-state index in [-0.39, 0.29) is 17.4 Å². The lowest BCUT2D eigenvalue weighted by atomic mass is 10.2. The molecule has 2 aromatic carbocycles. The minimum Gasteiger partial charge on any atom is -0.490 e. The minimum atomic E-state index is -0.414. The number of carbonyl (C=O) groups is 1. The maximum atomic E-state index is 12.1. The first-order valence-corrected chi connectivity index (χ1v) is 8.59. The van der Waals surface area contributed by atoms with Gasteiger partial charge in [-0.25, -0.2) is 0 Å². The molecule has 0 aliphatic rings. The van der Waals surface area contributed by atoms with Crippen LogP contribution in [-0.4, -0.2) is 30.5 Å². The van der Waals surface area contributed by atoms with Crippen molar-refractivity contribution in [3.63, 3.8) is 0 Å². The Morgan fingerprint density at radius 1 is 1.15 bits per heavy atom. The van der Waals surface area contributed by atoms with Crippen molar-refractivity contribution in [3.8, 4) is 11.5 Å². The van der Waals surface area contributed by atoms with E-state index in [1.165, 1.54) is 18.3 Å². The van der Waals surface area contributed by atoms with E-state index >= 15 is 0 Å². The molecule has 2 N–H and O–H groups in total. The van der Waals surface area contributed by atoms with Crippen molar-refractivity contribution in [1.82, 2.24) is 0 Å². The summed E-state index contributed by atoms with van der Waals surface area (Å²) >= 11 is 17.9. The first-order chi connectivity index (χ1) is 12.4. The number of benzene rings is 2. The molecule has 6 nitrogen and oxygen atoms in total. The molecule has 0 saturated heterocycles. The minimum absolute atomic E-state index is 0.216. The average Bonchev–Trinajstić information content (AvgIpc) is 2.58. The summed E-state index contributed by atoms with van der Waals surface area (Å²) in [4.78, 5) is 12.1. The molecular weight excluding hydrogens is 403 g/mol. The molecule has 0 saturated carbocycles. The third kappa shape index (κ3) is 5.42. The predicted octanol–water partition coefficient (Wildman–Crippen LogP) is 4.87. The highest BCUT2D eigenvalue weighted by Crippen LogP contribution is 2.36. The van der Waals surface area contributed by atoms with Gasteiger partial charge in [0, 0.05) is 11.3 Å². The molecule has 0 atom stereocenters. The molecule has 0 aromatic heterocycles. The van der Waals surface area contributed by atoms with Gasteiger partial charge >= 0.3 is 0 Å². The second-order valence-electron chi connectivity index (χ2n) is 4.97. The SMILES string of the molecule is CCOc1cc(C=NO)cc(Cl)c1OCC(=O)Nc1ccc(Cl)c(Cl)c1. The number of carbonyl (C=O) groups excluding carboxylic acids is 1. The van der Waals surface area contributed by atoms with Crippen molar-refractivity contribution in [2.24, 2.45) is 5.16 Å². The van der Waals surface area contributed by atoms with Crippen molar-refractivity contribution in [2.75, 3.05) is 18.5 Å². The van der Waals surface area contributed by atoms with Crippen LogP contribution in [0.3, 0.4) is 0 Å². The zero-order valence-corrected chi connectivity index (χ0v) is 15.9. The van der Waals surface area contributed by atoms with Gasteiger partial charge in [-0.15, -0.1) is 0 Å². The van der Waals surface area contributed by atoms with Gasteiger partial charge in [0.2, 0.25) is 0 Å². The van der Waals surface area contributed by atoms with E-state index in [1.54, 1.807) is 25.1 Å². The molecule has 26 heavy (non-hydrogen) atoms. The van der Waals surface area contributed by atoms with Crippen molar-refractivity contribution in [3.05, 3.63) is 51.0 Å². The lowest BCUT2D eigenvalue weighted by molar-refractivity contribution is -0.118. The summed E-state index contributed by atoms with van der Waals surface area (Å²) in [6.07, 6.45) is 1.20. The van der Waals surface area contributed by atoms with Crippen molar-refractivity contribution >= 4 is 52.6 Å². The van der Waals surface area contributed by atoms with Crippen LogP contribution in [-0.2, 0) is 4.79 Å². The standard InChI is InChI=1S/C17H15Cl3N2O4/c1-2-25-15-6-10(8-21-24)5-14(20)17(15)26-9-16(23)22-11-3-4-12(18)13(19)7-11/h3-8,24H,2,9H2,1H3,(H,22,23). The smallest absolute Gasteiger partial charge is 0.262 e. The molecule has 0 aliphatic carbocycles. The van der Waals surface area contributed by atoms with Gasteiger partial charge in [-0.1, -0.05) is 40.0 Å². The Kier molecular flexibility index (Phi) is 7.38. The van der Waals surface area contributed by atoms with E-state index < -0.39 is 5.91 Å². The fourth-order valence-electron chi connectivity index (χ4n) is 2.04. The maximum Gasteiger partial charge on any atom is 0.262 e. The summed E-state index contributed by atoms with van der Waals surface area (Å²) in [5.74, 6) is 0.132. The normalized spacial score (nSPS) is 10.8. The van der Waals surface area contributed by atoms with Crippen LogP contribution in [0.1, 0.15) is 12.5 Å². The average molecular weight is 418 g/mol. The number of hydrogen-bond acceptors (Lipinski definition) is 5. The molecule has 0 spiro atoms. The number of hydrogen-bond donors (Lipinski definition) is 2. The van der Waals surface area contributed by atoms with E-state index in [0.29, 0.717) is 33.7 Å². The molecule has 9 heteroatoms. The highest BCUT2D eigenvalue weighted by atomic mass is 35.5. The van der Waals surface area contributed by atoms with Gasteiger partial charge < -0.3 is 20.0 Å². The van der Waals surface area contributed by atoms with E-state index in [9.17, 15) is 4.79 Å². The highest BCUT2D eigenvalue weighted by Gasteiger charge is 2.14. The third-order valence-corrected chi connectivity index (χ3v) is 4.11. The summed E-state index contributed by atoms with van der Waals surface area (Å²) < 4.78 is 11.0. The van der Waals surface area contributed by atoms with Gasteiger partial charge in [-0.05, 0) is 37.3 Å². The van der Waals surface area contributed by atoms with Crippen LogP contribution in [0.5, 0.6) is 11.5 Å². The van der Waals surface area contributed by atoms with Crippen molar-refractivity contribution in [1.29, 1.82) is 0 Å². The van der Waals surface area contributed by atoms with Crippen LogP contribution in [0.2, 0.25) is 15.1 Å². The summed E-state index contributed by atoms with van der Waals surface area (Å²) in [5, 5.41) is 15.2. The number of halogens is 3. The highest BCUT2D eigenvalue weighted by molar-refractivity contribution is 6.42. The molecule has 138 valence electrons. The van der Waals surface area contributed by atoms with Crippen LogP contribution in [0.25, 0.3) is 0 Å². The molecule has 0 bridgehead atoms. The van der Waals surface area contributed by atoms with Gasteiger partial charge in [-0.2, -0.15) is 0 Å². The van der Waals surface area contributed by atoms with Crippen LogP contribution in [0.15, 0.2) is 35.5 Å². The Morgan fingerprint density at radius 3 is 2.58 bits per heavy atom. The van der Waals surface area contributed by atoms with E-state index in [2.05, 4.69) is 10.5 Å². The predicted molar refractivity (Wildman–Crippen MR) is 103 cm³/mol. The molecular formula is C17H15Cl3N2O4. The number of ether oxygens (including phenoxy) is 2. The lowest BCUT2D eigenvalue weighted by Gasteiger charge is -2.14. The third-order valence-electron chi connectivity index (χ3n) is 3.09. The molecule has 0 radical (unpaired) electrons. The quantitative estimate of drug-likeness (QED) is 0.382. The molecule has 0 aliphatic heterocycles. The Labute approximate surface area is 165 Å². The first kappa shape index (κ1) is 20.2. The summed E-state index contributed by atoms with van der Waals surface area (Å²) in [6.45, 7) is 1.86. The molecule has 2 aromatic rings. The number of rotatable bonds is 7. The van der Waals surface area contributed by atoms with E-state index in [0.717, 1.165) is 0 Å². The Hall–Kier alpha value is -2.15. The van der Waals surface area contributed by atoms with Crippen molar-refractivity contribution < 1.29 is 19.5 Å². The number of nitrogens with one attached hydrogen (secondary N) is 1. The molecule has 0 fully saturated rings. The number of anilines is 1. The Bertz CT molecular complexity index is 828. The second kappa shape index (κ2) is 9.52. The lowest BCUT2D eigenvalue weighted by Crippen LogP contribution is -2.20. The number of oxime groups is 1. The summed E-state index contributed by atoms with van der Waals surface area (Å²) in [7, 11) is 0. The van der Waals surface area contributed by atoms with Gasteiger partial charge in [0.25, 0.3) is 5.91 Å². The first-order valence-electron chi connectivity index (χ1n) is 7.46. The topological polar surface area (TPSA) is 80.2 Å². The fourth-order valence-corrected chi connectivity index (χ4v) is 2.61. The van der Waals surface area contributed by atoms with Gasteiger partial charge in [-0.3, -0.25) is 4.79 Å². The summed E-state index contributed by atoms with van der Waals surface area (Å²) in [6, 6.07) is 7.83. The molecule has 1 amide bonds. The largest absolute Gasteiger partial charge is 0.490 e. The Balaban J connectivity index is 2.09. The molecule has 0 heterocycles. The monoisotopic (exact) mass is 416 g/mol. The van der Waals surface area contributed by atoms with E-state index in [4.69, 9.17) is 49.5 Å². The molecule has 2 rings (SSSR count). The van der Waals surface area contributed by atoms with Gasteiger partial charge in [0.15, 0.2) is 18.1 Å².